The molecule has 9 heteroatoms. The standard InChI is InChI=1S/6CN.Cu.Fe.Na.H/c6*1-2;;;;/q6*-1;;+6;+1;-1. The summed E-state index contributed by atoms with van der Waals surface area (Å²) in [4.78, 5) is 0. The van der Waals surface area contributed by atoms with Gasteiger partial charge in [0.25, 0.3) is 0 Å². The van der Waals surface area contributed by atoms with Crippen LogP contribution in [-0.4, -0.2) is 0 Å². The molecule has 0 aromatic heterocycles. The van der Waals surface area contributed by atoms with Crippen molar-refractivity contribution in [3.63, 3.8) is 0 Å². The average Bonchev–Trinajstić information content (AvgIpc) is 2.33. The molecular formula is C6HCuFeN6Na. The Hall–Kier alpha value is -1.02. The summed E-state index contributed by atoms with van der Waals surface area (Å²) >= 11 is 0. The van der Waals surface area contributed by atoms with Crippen molar-refractivity contribution < 1.29 is 65.1 Å². The van der Waals surface area contributed by atoms with Gasteiger partial charge in [-0.05, 0) is 0 Å². The van der Waals surface area contributed by atoms with Crippen molar-refractivity contribution in [3.05, 3.63) is 39.4 Å². The van der Waals surface area contributed by atoms with E-state index in [1.165, 1.54) is 0 Å². The second-order valence-electron chi connectivity index (χ2n) is 0. The molecule has 0 rings (SSSR count). The van der Waals surface area contributed by atoms with E-state index < -0.39 is 0 Å². The van der Waals surface area contributed by atoms with Gasteiger partial charge in [0.15, 0.2) is 0 Å². The summed E-state index contributed by atoms with van der Waals surface area (Å²) in [5, 5.41) is 37.5. The molecule has 0 saturated heterocycles. The Bertz CT molecular complexity index is 108. The van der Waals surface area contributed by atoms with Crippen molar-refractivity contribution in [2.24, 2.45) is 0 Å². The SMILES string of the molecule is [C-]#N.[C-]#N.[C-]#N.[C-]#N.[C-]#N.[C-]#N.[Cu].[Fe+6].[H-].[Na+]. The molecule has 0 aliphatic heterocycles. The fourth-order valence-corrected chi connectivity index (χ4v) is 0. The Balaban J connectivity index is -0.00000000321. The van der Waals surface area contributed by atoms with Gasteiger partial charge in [-0.1, -0.05) is 0 Å². The van der Waals surface area contributed by atoms with Crippen molar-refractivity contribution in [1.82, 2.24) is 0 Å². The maximum Gasteiger partial charge on any atom is 6.00 e. The van der Waals surface area contributed by atoms with E-state index in [-0.39, 0.29) is 65.1 Å². The van der Waals surface area contributed by atoms with Gasteiger partial charge in [-0.25, -0.2) is 0 Å². The number of nitrogens with zero attached hydrogens (tertiary/aromatic N) is 6. The Kier molecular flexibility index (Phi) is 11300. The van der Waals surface area contributed by atoms with Gasteiger partial charge in [0.2, 0.25) is 0 Å². The minimum absolute atomic E-state index is 0. The van der Waals surface area contributed by atoms with Crippen molar-refractivity contribution in [2.75, 3.05) is 0 Å². The minimum atomic E-state index is 0. The van der Waals surface area contributed by atoms with E-state index in [1.54, 1.807) is 0 Å². The van der Waals surface area contributed by atoms with Crippen LogP contribution in [0.1, 0.15) is 1.43 Å². The van der Waals surface area contributed by atoms with Crippen LogP contribution in [0.2, 0.25) is 0 Å². The van der Waals surface area contributed by atoms with Crippen LogP contribution in [-0.2, 0) is 34.1 Å². The number of rotatable bonds is 0. The predicted molar refractivity (Wildman–Crippen MR) is 30.9 cm³/mol. The van der Waals surface area contributed by atoms with Crippen molar-refractivity contribution in [1.29, 1.82) is 31.6 Å². The van der Waals surface area contributed by atoms with Crippen LogP contribution in [0, 0.1) is 71.0 Å². The van der Waals surface area contributed by atoms with E-state index in [1.807, 2.05) is 0 Å². The van der Waals surface area contributed by atoms with E-state index in [0.29, 0.717) is 0 Å². The first kappa shape index (κ1) is 95.0. The minimum Gasteiger partial charge on any atom is -1.00 e. The molecule has 0 aliphatic carbocycles. The third-order valence-electron chi connectivity index (χ3n) is 0. The van der Waals surface area contributed by atoms with Crippen LogP contribution in [0.4, 0.5) is 0 Å². The topological polar surface area (TPSA) is 143 Å². The molecule has 6 nitrogen and oxygen atoms in total. The Morgan fingerprint density at radius 2 is 0.467 bits per heavy atom. The second-order valence-corrected chi connectivity index (χ2v) is 0. The van der Waals surface area contributed by atoms with Gasteiger partial charge >= 0.3 is 46.6 Å². The molecule has 0 saturated carbocycles. The fourth-order valence-electron chi connectivity index (χ4n) is 0. The summed E-state index contributed by atoms with van der Waals surface area (Å²) in [7, 11) is 0. The van der Waals surface area contributed by atoms with E-state index in [0.717, 1.165) is 0 Å². The first-order chi connectivity index (χ1) is 6.00. The summed E-state index contributed by atoms with van der Waals surface area (Å²) in [5.74, 6) is 0. The monoisotopic (exact) mass is 299 g/mol. The maximum absolute atomic E-state index is 6.25. The largest absolute Gasteiger partial charge is 6.00 e. The zero-order valence-corrected chi connectivity index (χ0v) is 11.4. The molecule has 1 radical (unpaired) electrons. The Morgan fingerprint density at radius 1 is 0.467 bits per heavy atom. The smallest absolute Gasteiger partial charge is 1.00 e. The van der Waals surface area contributed by atoms with Gasteiger partial charge in [0.1, 0.15) is 0 Å². The van der Waals surface area contributed by atoms with Crippen LogP contribution < -0.4 is 29.6 Å². The quantitative estimate of drug-likeness (QED) is 0.363. The Labute approximate surface area is 135 Å². The molecule has 0 heterocycles. The third kappa shape index (κ3) is 1500. The van der Waals surface area contributed by atoms with Crippen LogP contribution in [0.25, 0.3) is 0 Å². The zero-order valence-electron chi connectivity index (χ0n) is 8.34. The van der Waals surface area contributed by atoms with Crippen molar-refractivity contribution in [3.8, 4) is 0 Å². The first-order valence-corrected chi connectivity index (χ1v) is 1.34. The molecular weight excluding hydrogens is 298 g/mol. The van der Waals surface area contributed by atoms with Gasteiger partial charge in [-0.15, -0.1) is 0 Å². The predicted octanol–water partition coefficient (Wildman–Crippen LogP) is -2.31. The van der Waals surface area contributed by atoms with Gasteiger partial charge in [0.05, 0.1) is 0 Å². The van der Waals surface area contributed by atoms with Crippen LogP contribution in [0.3, 0.4) is 0 Å². The van der Waals surface area contributed by atoms with Gasteiger partial charge in [-0.3, -0.25) is 0 Å². The molecule has 0 bridgehead atoms. The van der Waals surface area contributed by atoms with E-state index >= 15 is 0 Å². The van der Waals surface area contributed by atoms with E-state index in [9.17, 15) is 0 Å². The molecule has 0 fully saturated rings. The zero-order chi connectivity index (χ0) is 12.0. The summed E-state index contributed by atoms with van der Waals surface area (Å²) in [5.41, 5.74) is 0. The summed E-state index contributed by atoms with van der Waals surface area (Å²) in [6.45, 7) is 28.5. The van der Waals surface area contributed by atoms with Crippen LogP contribution in [0.5, 0.6) is 0 Å². The van der Waals surface area contributed by atoms with Gasteiger partial charge < -0.3 is 72.4 Å². The number of hydrogen-bond acceptors (Lipinski definition) is 6. The normalized spacial score (nSPS) is 0.800. The number of hydrogen-bond donors (Lipinski definition) is 0. The maximum atomic E-state index is 6.25. The second kappa shape index (κ2) is 1790. The molecule has 0 aromatic rings. The van der Waals surface area contributed by atoms with Gasteiger partial charge in [0, 0.05) is 17.1 Å². The van der Waals surface area contributed by atoms with E-state index in [2.05, 4.69) is 0 Å². The molecule has 0 spiro atoms. The molecule has 0 aliphatic rings. The summed E-state index contributed by atoms with van der Waals surface area (Å²) in [6.07, 6.45) is 0. The summed E-state index contributed by atoms with van der Waals surface area (Å²) < 4.78 is 0. The third-order valence-corrected chi connectivity index (χ3v) is 0. The van der Waals surface area contributed by atoms with Gasteiger partial charge in [-0.2, -0.15) is 0 Å². The molecule has 0 amide bonds. The fraction of sp³-hybridized carbons (Fsp3) is 0. The molecule has 75 valence electrons. The first-order valence-electron chi connectivity index (χ1n) is 1.34. The average molecular weight is 299 g/mol. The molecule has 0 unspecified atom stereocenters. The van der Waals surface area contributed by atoms with E-state index in [4.69, 9.17) is 71.0 Å². The molecule has 0 atom stereocenters. The molecule has 0 aromatic carbocycles. The van der Waals surface area contributed by atoms with Crippen molar-refractivity contribution >= 4 is 0 Å². The van der Waals surface area contributed by atoms with Crippen molar-refractivity contribution in [2.45, 2.75) is 0 Å². The summed E-state index contributed by atoms with van der Waals surface area (Å²) in [6, 6.07) is 0. The molecule has 15 heavy (non-hydrogen) atoms. The molecule has 0 N–H and O–H groups in total. The van der Waals surface area contributed by atoms with Crippen LogP contribution in [0.15, 0.2) is 0 Å². The Morgan fingerprint density at radius 3 is 0.467 bits per heavy atom. The van der Waals surface area contributed by atoms with Crippen LogP contribution >= 0.6 is 0 Å².